The fraction of sp³-hybridized carbons (Fsp3) is 0.235. The molecule has 1 radical (unpaired) electrons. The molecule has 0 fully saturated rings. The van der Waals surface area contributed by atoms with Crippen LogP contribution in [0.5, 0.6) is 0 Å². The van der Waals surface area contributed by atoms with E-state index in [9.17, 15) is 0 Å². The lowest BCUT2D eigenvalue weighted by molar-refractivity contribution is 0.420. The van der Waals surface area contributed by atoms with Crippen molar-refractivity contribution in [3.05, 3.63) is 77.7 Å². The van der Waals surface area contributed by atoms with E-state index in [0.29, 0.717) is 17.8 Å². The fourth-order valence-electron chi connectivity index (χ4n) is 3.76. The van der Waals surface area contributed by atoms with Gasteiger partial charge in [-0.25, -0.2) is 0 Å². The third-order valence-corrected chi connectivity index (χ3v) is 4.42. The molecule has 2 bridgehead atoms. The second kappa shape index (κ2) is 3.22. The van der Waals surface area contributed by atoms with Crippen molar-refractivity contribution in [2.24, 2.45) is 5.92 Å². The van der Waals surface area contributed by atoms with Crippen LogP contribution in [0.2, 0.25) is 0 Å². The summed E-state index contributed by atoms with van der Waals surface area (Å²) in [7, 11) is 0. The van der Waals surface area contributed by atoms with Gasteiger partial charge in [0.1, 0.15) is 0 Å². The highest BCUT2D eigenvalue weighted by Crippen LogP contribution is 2.54. The SMILES string of the molecule is [CH2]C1CC2c3ccccc3C1c1ccccc12. The smallest absolute Gasteiger partial charge is 0.0124 e. The van der Waals surface area contributed by atoms with Crippen LogP contribution < -0.4 is 0 Å². The summed E-state index contributed by atoms with van der Waals surface area (Å²) in [6.07, 6.45) is 1.21. The maximum absolute atomic E-state index is 4.38. The Bertz CT molecular complexity index is 535. The number of hydrogen-bond acceptors (Lipinski definition) is 0. The Balaban J connectivity index is 2.04. The molecule has 17 heavy (non-hydrogen) atoms. The highest BCUT2D eigenvalue weighted by atomic mass is 14.4. The molecule has 1 atom stereocenters. The molecule has 3 aliphatic carbocycles. The minimum Gasteiger partial charge on any atom is -0.0620 e. The highest BCUT2D eigenvalue weighted by molar-refractivity contribution is 5.55. The number of benzene rings is 2. The van der Waals surface area contributed by atoms with E-state index in [1.165, 1.54) is 28.7 Å². The van der Waals surface area contributed by atoms with E-state index < -0.39 is 0 Å². The van der Waals surface area contributed by atoms with E-state index >= 15 is 0 Å². The molecule has 83 valence electrons. The average Bonchev–Trinajstić information content (AvgIpc) is 2.39. The minimum atomic E-state index is 0.521. The summed E-state index contributed by atoms with van der Waals surface area (Å²) in [5.41, 5.74) is 6.11. The first-order valence-corrected chi connectivity index (χ1v) is 6.37. The molecule has 5 rings (SSSR count). The van der Waals surface area contributed by atoms with Gasteiger partial charge in [0.05, 0.1) is 0 Å². The van der Waals surface area contributed by atoms with Crippen molar-refractivity contribution >= 4 is 0 Å². The first-order valence-electron chi connectivity index (χ1n) is 6.37. The Morgan fingerprint density at radius 1 is 0.765 bits per heavy atom. The largest absolute Gasteiger partial charge is 0.0620 e. The molecule has 0 aromatic heterocycles. The van der Waals surface area contributed by atoms with Crippen LogP contribution in [0.1, 0.15) is 40.5 Å². The minimum absolute atomic E-state index is 0.521. The summed E-state index contributed by atoms with van der Waals surface area (Å²) >= 11 is 0. The summed E-state index contributed by atoms with van der Waals surface area (Å²) in [6, 6.07) is 17.8. The first kappa shape index (κ1) is 9.47. The van der Waals surface area contributed by atoms with Gasteiger partial charge in [-0.3, -0.25) is 0 Å². The van der Waals surface area contributed by atoms with Crippen molar-refractivity contribution in [2.45, 2.75) is 18.3 Å². The van der Waals surface area contributed by atoms with E-state index in [1.54, 1.807) is 0 Å². The van der Waals surface area contributed by atoms with Gasteiger partial charge in [-0.1, -0.05) is 48.5 Å². The number of fused-ring (bicyclic) bond motifs is 1. The van der Waals surface area contributed by atoms with Crippen LogP contribution >= 0.6 is 0 Å². The molecular weight excluding hydrogens is 204 g/mol. The van der Waals surface area contributed by atoms with E-state index in [0.717, 1.165) is 0 Å². The van der Waals surface area contributed by atoms with Gasteiger partial charge in [0.15, 0.2) is 0 Å². The molecule has 0 spiro atoms. The second-order valence-corrected chi connectivity index (χ2v) is 5.28. The van der Waals surface area contributed by atoms with Crippen molar-refractivity contribution in [1.82, 2.24) is 0 Å². The van der Waals surface area contributed by atoms with Crippen LogP contribution in [0, 0.1) is 12.8 Å². The first-order chi connectivity index (χ1) is 8.36. The zero-order chi connectivity index (χ0) is 11.4. The Kier molecular flexibility index (Phi) is 1.80. The van der Waals surface area contributed by atoms with Gasteiger partial charge in [0, 0.05) is 11.8 Å². The van der Waals surface area contributed by atoms with Crippen molar-refractivity contribution < 1.29 is 0 Å². The van der Waals surface area contributed by atoms with E-state index in [-0.39, 0.29) is 0 Å². The molecule has 0 heterocycles. The van der Waals surface area contributed by atoms with Crippen LogP contribution in [0.25, 0.3) is 0 Å². The van der Waals surface area contributed by atoms with E-state index in [2.05, 4.69) is 55.5 Å². The Labute approximate surface area is 102 Å². The third-order valence-electron chi connectivity index (χ3n) is 4.42. The molecule has 0 aliphatic heterocycles. The lowest BCUT2D eigenvalue weighted by Crippen LogP contribution is -2.30. The van der Waals surface area contributed by atoms with Gasteiger partial charge in [-0.2, -0.15) is 0 Å². The molecule has 0 saturated heterocycles. The lowest BCUT2D eigenvalue weighted by Gasteiger charge is -2.44. The van der Waals surface area contributed by atoms with Crippen LogP contribution in [-0.2, 0) is 0 Å². The molecule has 0 saturated carbocycles. The summed E-state index contributed by atoms with van der Waals surface area (Å²) in [4.78, 5) is 0. The van der Waals surface area contributed by atoms with E-state index in [4.69, 9.17) is 0 Å². The molecular formula is C17H15. The molecule has 0 amide bonds. The lowest BCUT2D eigenvalue weighted by atomic mass is 9.60. The Morgan fingerprint density at radius 3 is 1.76 bits per heavy atom. The standard InChI is InChI=1S/C17H15/c1-11-10-16-12-6-2-4-8-14(12)17(11)15-9-5-3-7-13(15)16/h2-9,11,16-17H,1,10H2. The maximum Gasteiger partial charge on any atom is 0.0124 e. The van der Waals surface area contributed by atoms with Crippen LogP contribution in [0.4, 0.5) is 0 Å². The van der Waals surface area contributed by atoms with Gasteiger partial charge in [-0.05, 0) is 41.5 Å². The molecule has 0 heteroatoms. The predicted octanol–water partition coefficient (Wildman–Crippen LogP) is 4.12. The van der Waals surface area contributed by atoms with Crippen molar-refractivity contribution in [1.29, 1.82) is 0 Å². The summed E-state index contributed by atoms with van der Waals surface area (Å²) in [6.45, 7) is 4.38. The predicted molar refractivity (Wildman–Crippen MR) is 70.0 cm³/mol. The average molecular weight is 219 g/mol. The molecule has 0 N–H and O–H groups in total. The molecule has 3 aliphatic rings. The summed E-state index contributed by atoms with van der Waals surface area (Å²) < 4.78 is 0. The van der Waals surface area contributed by atoms with Gasteiger partial charge < -0.3 is 0 Å². The molecule has 2 aromatic rings. The van der Waals surface area contributed by atoms with Crippen LogP contribution in [0.15, 0.2) is 48.5 Å². The number of hydrogen-bond donors (Lipinski definition) is 0. The normalized spacial score (nSPS) is 28.6. The van der Waals surface area contributed by atoms with Gasteiger partial charge in [0.25, 0.3) is 0 Å². The van der Waals surface area contributed by atoms with Crippen LogP contribution in [-0.4, -0.2) is 0 Å². The van der Waals surface area contributed by atoms with E-state index in [1.807, 2.05) is 0 Å². The Morgan fingerprint density at radius 2 is 1.24 bits per heavy atom. The second-order valence-electron chi connectivity index (χ2n) is 5.28. The van der Waals surface area contributed by atoms with Gasteiger partial charge in [-0.15, -0.1) is 0 Å². The molecule has 0 nitrogen and oxygen atoms in total. The quantitative estimate of drug-likeness (QED) is 0.625. The van der Waals surface area contributed by atoms with Gasteiger partial charge in [0.2, 0.25) is 0 Å². The van der Waals surface area contributed by atoms with Crippen molar-refractivity contribution in [3.63, 3.8) is 0 Å². The Hall–Kier alpha value is -1.56. The number of rotatable bonds is 0. The van der Waals surface area contributed by atoms with Crippen molar-refractivity contribution in [3.8, 4) is 0 Å². The topological polar surface area (TPSA) is 0 Å². The third kappa shape index (κ3) is 1.13. The summed E-state index contributed by atoms with van der Waals surface area (Å²) in [5, 5.41) is 0. The maximum atomic E-state index is 4.38. The van der Waals surface area contributed by atoms with Crippen LogP contribution in [0.3, 0.4) is 0 Å². The van der Waals surface area contributed by atoms with Gasteiger partial charge >= 0.3 is 0 Å². The monoisotopic (exact) mass is 219 g/mol. The fourth-order valence-corrected chi connectivity index (χ4v) is 3.76. The van der Waals surface area contributed by atoms with Crippen molar-refractivity contribution in [2.75, 3.05) is 0 Å². The zero-order valence-electron chi connectivity index (χ0n) is 9.77. The summed E-state index contributed by atoms with van der Waals surface area (Å²) in [5.74, 6) is 1.63. The molecule has 1 unspecified atom stereocenters. The highest BCUT2D eigenvalue weighted by Gasteiger charge is 2.40. The zero-order valence-corrected chi connectivity index (χ0v) is 9.77. The molecule has 2 aromatic carbocycles.